The number of hydrogen-bond acceptors (Lipinski definition) is 18. The Morgan fingerprint density at radius 3 is 1.97 bits per heavy atom. The molecule has 7 fully saturated rings. The number of aliphatic hydroxyl groups excluding tert-OH is 10. The van der Waals surface area contributed by atoms with Crippen LogP contribution in [0.5, 0.6) is 0 Å². The lowest BCUT2D eigenvalue weighted by molar-refractivity contribution is -0.356. The van der Waals surface area contributed by atoms with Crippen LogP contribution in [0, 0.1) is 51.2 Å². The lowest BCUT2D eigenvalue weighted by Gasteiger charge is -2.68. The minimum atomic E-state index is -1.74. The molecule has 3 heterocycles. The van der Waals surface area contributed by atoms with Crippen molar-refractivity contribution in [3.8, 4) is 0 Å². The van der Waals surface area contributed by atoms with Crippen LogP contribution in [0.4, 0.5) is 0 Å². The van der Waals surface area contributed by atoms with Gasteiger partial charge in [-0.3, -0.25) is 4.79 Å². The molecule has 5 aliphatic carbocycles. The van der Waals surface area contributed by atoms with Crippen molar-refractivity contribution in [3.05, 3.63) is 11.6 Å². The van der Waals surface area contributed by atoms with E-state index in [0.29, 0.717) is 32.1 Å². The smallest absolute Gasteiger partial charge is 0.315 e. The standard InChI is InChI=1S/C46H74O18/c1-20-11-14-46(41(57)64-40-34(55)32(53)30(51)26(18-48)61-40)16-15-43(4)21-9-10-27-42(2,3)28(12-13-44(27,5)22(21)7-8-23(43)37(46)45(20,6)58)62-38-35(56)36(24(49)19-59-38)63-39-33(54)31(52)29(50)25(17-47)60-39/h8,20-22,24-40,47-56,58H,7,9-19H2,1-6H3/t20-,21?,22?,24+,25-,26-,27?,28?,29-,30-,31+,32+,33-,34-,35-,36-,37?,38+,39+,40+,43+,44-,45-,46+/m1/s1. The van der Waals surface area contributed by atoms with Gasteiger partial charge in [0.1, 0.15) is 67.1 Å². The fourth-order valence-electron chi connectivity index (χ4n) is 14.5. The van der Waals surface area contributed by atoms with Gasteiger partial charge in [0.2, 0.25) is 6.29 Å². The summed E-state index contributed by atoms with van der Waals surface area (Å²) in [4.78, 5) is 14.6. The van der Waals surface area contributed by atoms with Crippen molar-refractivity contribution in [1.29, 1.82) is 0 Å². The Balaban J connectivity index is 1.00. The molecule has 366 valence electrons. The number of hydrogen-bond donors (Lipinski definition) is 11. The predicted molar refractivity (Wildman–Crippen MR) is 221 cm³/mol. The Kier molecular flexibility index (Phi) is 13.4. The quantitative estimate of drug-likeness (QED) is 0.0820. The van der Waals surface area contributed by atoms with Crippen LogP contribution < -0.4 is 0 Å². The summed E-state index contributed by atoms with van der Waals surface area (Å²) in [5, 5.41) is 117. The molecule has 0 bridgehead atoms. The van der Waals surface area contributed by atoms with E-state index < -0.39 is 128 Å². The normalized spacial score (nSPS) is 54.9. The zero-order chi connectivity index (χ0) is 46.6. The van der Waals surface area contributed by atoms with Crippen LogP contribution in [-0.2, 0) is 33.2 Å². The summed E-state index contributed by atoms with van der Waals surface area (Å²) in [7, 11) is 0. The third kappa shape index (κ3) is 7.56. The van der Waals surface area contributed by atoms with Gasteiger partial charge in [0.15, 0.2) is 12.6 Å². The van der Waals surface area contributed by atoms with Crippen LogP contribution in [0.15, 0.2) is 11.6 Å². The highest BCUT2D eigenvalue weighted by atomic mass is 16.7. The van der Waals surface area contributed by atoms with Crippen LogP contribution in [0.1, 0.15) is 99.3 Å². The molecule has 5 unspecified atom stereocenters. The number of rotatable bonds is 8. The van der Waals surface area contributed by atoms with Crippen molar-refractivity contribution in [2.45, 2.75) is 197 Å². The van der Waals surface area contributed by atoms with Gasteiger partial charge in [0, 0.05) is 5.92 Å². The molecular weight excluding hydrogens is 840 g/mol. The van der Waals surface area contributed by atoms with E-state index in [1.54, 1.807) is 0 Å². The number of esters is 1. The minimum absolute atomic E-state index is 0.132. The Morgan fingerprint density at radius 1 is 0.703 bits per heavy atom. The molecule has 0 aromatic heterocycles. The molecule has 0 aromatic carbocycles. The Labute approximate surface area is 374 Å². The molecular formula is C46H74O18. The summed E-state index contributed by atoms with van der Waals surface area (Å²) in [6.07, 6.45) is -13.2. The van der Waals surface area contributed by atoms with Gasteiger partial charge < -0.3 is 84.6 Å². The molecule has 64 heavy (non-hydrogen) atoms. The Hall–Kier alpha value is -1.43. The predicted octanol–water partition coefficient (Wildman–Crippen LogP) is -0.640. The van der Waals surface area contributed by atoms with Gasteiger partial charge in [-0.2, -0.15) is 0 Å². The third-order valence-corrected chi connectivity index (χ3v) is 18.5. The first-order valence-electron chi connectivity index (χ1n) is 23.5. The topological polar surface area (TPSA) is 295 Å². The molecule has 0 spiro atoms. The number of ether oxygens (including phenoxy) is 6. The van der Waals surface area contributed by atoms with E-state index in [4.69, 9.17) is 28.4 Å². The average Bonchev–Trinajstić information content (AvgIpc) is 3.25. The van der Waals surface area contributed by atoms with Crippen LogP contribution in [-0.4, -0.2) is 180 Å². The highest BCUT2D eigenvalue weighted by Gasteiger charge is 2.69. The fourth-order valence-corrected chi connectivity index (χ4v) is 14.5. The van der Waals surface area contributed by atoms with Crippen LogP contribution in [0.25, 0.3) is 0 Å². The second kappa shape index (κ2) is 17.5. The van der Waals surface area contributed by atoms with Gasteiger partial charge in [-0.05, 0) is 105 Å². The number of aliphatic hydroxyl groups is 11. The van der Waals surface area contributed by atoms with E-state index in [0.717, 1.165) is 31.3 Å². The number of fused-ring (bicyclic) bond motifs is 7. The van der Waals surface area contributed by atoms with E-state index >= 15 is 0 Å². The molecule has 3 aliphatic heterocycles. The van der Waals surface area contributed by atoms with Crippen molar-refractivity contribution < 1.29 is 89.4 Å². The van der Waals surface area contributed by atoms with Gasteiger partial charge in [0.05, 0.1) is 36.9 Å². The Bertz CT molecular complexity index is 1720. The second-order valence-corrected chi connectivity index (χ2v) is 22.1. The van der Waals surface area contributed by atoms with Gasteiger partial charge in [-0.1, -0.05) is 46.3 Å². The van der Waals surface area contributed by atoms with Crippen LogP contribution >= 0.6 is 0 Å². The SMILES string of the molecule is C[C@@H]1CC[C@]2(C(=O)O[C@@H]3O[C@H](CO)[C@@H](O)[C@H](O)[C@H]3O)CC[C@]3(C)C(=CCC4C3CCC3C(C)(C)C(O[C@@H]5OC[C@H](O)[C@@H](O[C@@H]6O[C@H](CO)[C@@H](O)[C@H](O)[C@H]6O)[C@H]5O)CC[C@]43C)C2[C@]1(C)O. The molecule has 0 amide bonds. The maximum absolute atomic E-state index is 14.6. The van der Waals surface area contributed by atoms with Crippen molar-refractivity contribution in [3.63, 3.8) is 0 Å². The zero-order valence-electron chi connectivity index (χ0n) is 37.9. The Morgan fingerprint density at radius 2 is 1.33 bits per heavy atom. The van der Waals surface area contributed by atoms with Crippen LogP contribution in [0.2, 0.25) is 0 Å². The zero-order valence-corrected chi connectivity index (χ0v) is 37.9. The van der Waals surface area contributed by atoms with E-state index in [2.05, 4.69) is 33.8 Å². The summed E-state index contributed by atoms with van der Waals surface area (Å²) < 4.78 is 35.4. The highest BCUT2D eigenvalue weighted by Crippen LogP contribution is 2.72. The van der Waals surface area contributed by atoms with Crippen molar-refractivity contribution in [2.75, 3.05) is 19.8 Å². The number of allylic oxidation sites excluding steroid dienone is 1. The van der Waals surface area contributed by atoms with E-state index in [1.807, 2.05) is 13.8 Å². The van der Waals surface area contributed by atoms with Gasteiger partial charge >= 0.3 is 5.97 Å². The molecule has 0 radical (unpaired) electrons. The largest absolute Gasteiger partial charge is 0.432 e. The maximum atomic E-state index is 14.6. The molecule has 8 aliphatic rings. The molecule has 18 nitrogen and oxygen atoms in total. The average molecular weight is 915 g/mol. The van der Waals surface area contributed by atoms with E-state index in [9.17, 15) is 61.0 Å². The maximum Gasteiger partial charge on any atom is 0.315 e. The molecule has 4 saturated carbocycles. The van der Waals surface area contributed by atoms with E-state index in [-0.39, 0.29) is 47.2 Å². The first-order valence-corrected chi connectivity index (χ1v) is 23.5. The lowest BCUT2D eigenvalue weighted by Crippen LogP contribution is -2.66. The first-order chi connectivity index (χ1) is 30.0. The number of carbonyl (C=O) groups excluding carboxylic acids is 1. The second-order valence-electron chi connectivity index (χ2n) is 22.1. The molecule has 8 rings (SSSR count). The van der Waals surface area contributed by atoms with Gasteiger partial charge in [-0.25, -0.2) is 0 Å². The molecule has 0 aromatic rings. The highest BCUT2D eigenvalue weighted by molar-refractivity contribution is 5.79. The third-order valence-electron chi connectivity index (χ3n) is 18.5. The minimum Gasteiger partial charge on any atom is -0.432 e. The number of carbonyl (C=O) groups is 1. The first kappa shape index (κ1) is 49.0. The van der Waals surface area contributed by atoms with Crippen molar-refractivity contribution in [1.82, 2.24) is 0 Å². The summed E-state index contributed by atoms with van der Waals surface area (Å²) in [6, 6.07) is 0. The molecule has 24 atom stereocenters. The van der Waals surface area contributed by atoms with E-state index in [1.165, 1.54) is 0 Å². The monoisotopic (exact) mass is 914 g/mol. The lowest BCUT2D eigenvalue weighted by atomic mass is 9.37. The van der Waals surface area contributed by atoms with Gasteiger partial charge in [-0.15, -0.1) is 0 Å². The summed E-state index contributed by atoms with van der Waals surface area (Å²) in [5.41, 5.74) is -2.27. The molecule has 18 heteroatoms. The molecule has 3 saturated heterocycles. The fraction of sp³-hybridized carbons (Fsp3) is 0.935. The van der Waals surface area contributed by atoms with Crippen molar-refractivity contribution >= 4 is 5.97 Å². The summed E-state index contributed by atoms with van der Waals surface area (Å²) in [6.45, 7) is 11.3. The van der Waals surface area contributed by atoms with Crippen LogP contribution in [0.3, 0.4) is 0 Å². The summed E-state index contributed by atoms with van der Waals surface area (Å²) in [5.74, 6) is -0.674. The molecule has 11 N–H and O–H groups in total. The van der Waals surface area contributed by atoms with Crippen molar-refractivity contribution in [2.24, 2.45) is 51.2 Å². The summed E-state index contributed by atoms with van der Waals surface area (Å²) >= 11 is 0. The van der Waals surface area contributed by atoms with Gasteiger partial charge in [0.25, 0.3) is 0 Å².